The molecule has 1 atom stereocenters. The van der Waals surface area contributed by atoms with E-state index in [-0.39, 0.29) is 12.0 Å². The molecule has 1 saturated carbocycles. The molecule has 1 N–H and O–H groups in total. The molecule has 0 aromatic heterocycles. The first-order valence-corrected chi connectivity index (χ1v) is 8.33. The summed E-state index contributed by atoms with van der Waals surface area (Å²) in [4.78, 5) is 15.1. The van der Waals surface area contributed by atoms with Gasteiger partial charge >= 0.3 is 5.97 Å². The fourth-order valence-electron chi connectivity index (χ4n) is 3.24. The molecule has 5 heteroatoms. The summed E-state index contributed by atoms with van der Waals surface area (Å²) in [6, 6.07) is 0.262. The SMILES string of the molecule is CCOC(=O)C(CN1CCCOCC1)(NC(C)C)C1CC1. The van der Waals surface area contributed by atoms with E-state index < -0.39 is 5.54 Å². The Labute approximate surface area is 128 Å². The van der Waals surface area contributed by atoms with Crippen LogP contribution < -0.4 is 5.32 Å². The highest BCUT2D eigenvalue weighted by molar-refractivity contribution is 5.82. The number of esters is 1. The lowest BCUT2D eigenvalue weighted by atomic mass is 9.91. The second-order valence-corrected chi connectivity index (χ2v) is 6.51. The van der Waals surface area contributed by atoms with E-state index in [0.717, 1.165) is 52.1 Å². The zero-order chi connectivity index (χ0) is 15.3. The van der Waals surface area contributed by atoms with Crippen molar-refractivity contribution in [3.8, 4) is 0 Å². The molecule has 1 aliphatic carbocycles. The lowest BCUT2D eigenvalue weighted by Gasteiger charge is -2.38. The zero-order valence-electron chi connectivity index (χ0n) is 13.7. The summed E-state index contributed by atoms with van der Waals surface area (Å²) in [7, 11) is 0. The largest absolute Gasteiger partial charge is 0.465 e. The first-order valence-electron chi connectivity index (χ1n) is 8.33. The van der Waals surface area contributed by atoms with E-state index >= 15 is 0 Å². The Bertz CT molecular complexity index is 336. The standard InChI is InChI=1S/C16H30N2O3/c1-4-21-15(19)16(14-6-7-14,17-13(2)3)12-18-8-5-10-20-11-9-18/h13-14,17H,4-12H2,1-3H3. The predicted molar refractivity (Wildman–Crippen MR) is 82.2 cm³/mol. The van der Waals surface area contributed by atoms with Crippen LogP contribution in [0.5, 0.6) is 0 Å². The molecule has 0 radical (unpaired) electrons. The van der Waals surface area contributed by atoms with Gasteiger partial charge in [0.25, 0.3) is 0 Å². The van der Waals surface area contributed by atoms with Crippen molar-refractivity contribution in [2.24, 2.45) is 5.92 Å². The highest BCUT2D eigenvalue weighted by Crippen LogP contribution is 2.41. The lowest BCUT2D eigenvalue weighted by molar-refractivity contribution is -0.154. The third-order valence-electron chi connectivity index (χ3n) is 4.25. The molecule has 0 spiro atoms. The van der Waals surface area contributed by atoms with E-state index in [1.165, 1.54) is 0 Å². The van der Waals surface area contributed by atoms with Crippen molar-refractivity contribution >= 4 is 5.97 Å². The van der Waals surface area contributed by atoms with Gasteiger partial charge in [-0.15, -0.1) is 0 Å². The minimum atomic E-state index is -0.547. The van der Waals surface area contributed by atoms with Gasteiger partial charge in [-0.25, -0.2) is 4.79 Å². The lowest BCUT2D eigenvalue weighted by Crippen LogP contribution is -2.63. The van der Waals surface area contributed by atoms with E-state index in [9.17, 15) is 4.79 Å². The molecule has 2 rings (SSSR count). The molecule has 0 bridgehead atoms. The van der Waals surface area contributed by atoms with Crippen LogP contribution in [-0.4, -0.2) is 61.9 Å². The van der Waals surface area contributed by atoms with E-state index in [0.29, 0.717) is 12.5 Å². The summed E-state index contributed by atoms with van der Waals surface area (Å²) < 4.78 is 10.9. The Morgan fingerprint density at radius 2 is 2.14 bits per heavy atom. The summed E-state index contributed by atoms with van der Waals surface area (Å²) in [6.45, 7) is 10.7. The van der Waals surface area contributed by atoms with Gasteiger partial charge in [-0.1, -0.05) is 0 Å². The number of ether oxygens (including phenoxy) is 2. The van der Waals surface area contributed by atoms with E-state index in [1.54, 1.807) is 0 Å². The van der Waals surface area contributed by atoms with Crippen LogP contribution in [-0.2, 0) is 14.3 Å². The minimum absolute atomic E-state index is 0.0774. The quantitative estimate of drug-likeness (QED) is 0.720. The third kappa shape index (κ3) is 4.41. The topological polar surface area (TPSA) is 50.8 Å². The van der Waals surface area contributed by atoms with Crippen LogP contribution in [0.3, 0.4) is 0 Å². The Kier molecular flexibility index (Phi) is 6.02. The summed E-state index contributed by atoms with van der Waals surface area (Å²) in [5, 5.41) is 3.55. The Morgan fingerprint density at radius 1 is 1.38 bits per heavy atom. The summed E-state index contributed by atoms with van der Waals surface area (Å²) >= 11 is 0. The average molecular weight is 298 g/mol. The predicted octanol–water partition coefficient (Wildman–Crippen LogP) is 1.42. The van der Waals surface area contributed by atoms with Crippen molar-refractivity contribution in [1.29, 1.82) is 0 Å². The molecule has 21 heavy (non-hydrogen) atoms. The van der Waals surface area contributed by atoms with Crippen LogP contribution >= 0.6 is 0 Å². The van der Waals surface area contributed by atoms with Crippen molar-refractivity contribution in [2.45, 2.75) is 51.6 Å². The van der Waals surface area contributed by atoms with Crippen molar-refractivity contribution in [2.75, 3.05) is 39.5 Å². The van der Waals surface area contributed by atoms with E-state index in [4.69, 9.17) is 9.47 Å². The molecule has 1 heterocycles. The van der Waals surface area contributed by atoms with Gasteiger partial charge in [0.15, 0.2) is 0 Å². The van der Waals surface area contributed by atoms with Gasteiger partial charge in [0, 0.05) is 32.3 Å². The van der Waals surface area contributed by atoms with Gasteiger partial charge in [-0.05, 0) is 46.0 Å². The second-order valence-electron chi connectivity index (χ2n) is 6.51. The van der Waals surface area contributed by atoms with Crippen LogP contribution in [0, 0.1) is 5.92 Å². The maximum absolute atomic E-state index is 12.7. The van der Waals surface area contributed by atoms with Crippen LogP contribution in [0.2, 0.25) is 0 Å². The smallest absolute Gasteiger partial charge is 0.327 e. The number of rotatable bonds is 7. The molecule has 1 saturated heterocycles. The van der Waals surface area contributed by atoms with Gasteiger partial charge in [0.05, 0.1) is 13.2 Å². The van der Waals surface area contributed by atoms with Crippen molar-refractivity contribution in [3.05, 3.63) is 0 Å². The Morgan fingerprint density at radius 3 is 2.76 bits per heavy atom. The number of carbonyl (C=O) groups excluding carboxylic acids is 1. The molecule has 2 fully saturated rings. The molecule has 1 aliphatic heterocycles. The third-order valence-corrected chi connectivity index (χ3v) is 4.25. The van der Waals surface area contributed by atoms with Crippen LogP contribution in [0.15, 0.2) is 0 Å². The number of nitrogens with zero attached hydrogens (tertiary/aromatic N) is 1. The second kappa shape index (κ2) is 7.56. The maximum Gasteiger partial charge on any atom is 0.327 e. The first-order chi connectivity index (χ1) is 10.1. The fourth-order valence-corrected chi connectivity index (χ4v) is 3.24. The molecule has 122 valence electrons. The number of hydrogen-bond donors (Lipinski definition) is 1. The molecular formula is C16H30N2O3. The number of nitrogens with one attached hydrogen (secondary N) is 1. The maximum atomic E-state index is 12.7. The van der Waals surface area contributed by atoms with Crippen LogP contribution in [0.1, 0.15) is 40.0 Å². The highest BCUT2D eigenvalue weighted by atomic mass is 16.5. The molecule has 2 aliphatic rings. The molecule has 1 unspecified atom stereocenters. The van der Waals surface area contributed by atoms with Gasteiger partial charge in [0.2, 0.25) is 0 Å². The molecule has 0 aromatic carbocycles. The monoisotopic (exact) mass is 298 g/mol. The van der Waals surface area contributed by atoms with Gasteiger partial charge in [0.1, 0.15) is 5.54 Å². The summed E-state index contributed by atoms with van der Waals surface area (Å²) in [5.74, 6) is 0.328. The van der Waals surface area contributed by atoms with Crippen LogP contribution in [0.25, 0.3) is 0 Å². The minimum Gasteiger partial charge on any atom is -0.465 e. The van der Waals surface area contributed by atoms with Gasteiger partial charge < -0.3 is 9.47 Å². The van der Waals surface area contributed by atoms with E-state index in [2.05, 4.69) is 24.1 Å². The van der Waals surface area contributed by atoms with Crippen molar-refractivity contribution in [3.63, 3.8) is 0 Å². The van der Waals surface area contributed by atoms with Gasteiger partial charge in [-0.3, -0.25) is 10.2 Å². The highest BCUT2D eigenvalue weighted by Gasteiger charge is 2.53. The molecular weight excluding hydrogens is 268 g/mol. The normalized spacial score (nSPS) is 23.6. The van der Waals surface area contributed by atoms with Crippen molar-refractivity contribution < 1.29 is 14.3 Å². The first kappa shape index (κ1) is 16.7. The number of hydrogen-bond acceptors (Lipinski definition) is 5. The molecule has 0 aromatic rings. The zero-order valence-corrected chi connectivity index (χ0v) is 13.7. The Hall–Kier alpha value is -0.650. The number of carbonyl (C=O) groups is 1. The van der Waals surface area contributed by atoms with Crippen molar-refractivity contribution in [1.82, 2.24) is 10.2 Å². The molecule has 0 amide bonds. The Balaban J connectivity index is 2.13. The average Bonchev–Trinajstić information content (AvgIpc) is 3.25. The fraction of sp³-hybridized carbons (Fsp3) is 0.938. The summed E-state index contributed by atoms with van der Waals surface area (Å²) in [6.07, 6.45) is 3.26. The summed E-state index contributed by atoms with van der Waals surface area (Å²) in [5.41, 5.74) is -0.547. The van der Waals surface area contributed by atoms with E-state index in [1.807, 2.05) is 6.92 Å². The van der Waals surface area contributed by atoms with Gasteiger partial charge in [-0.2, -0.15) is 0 Å². The van der Waals surface area contributed by atoms with Crippen LogP contribution in [0.4, 0.5) is 0 Å². The molecule has 5 nitrogen and oxygen atoms in total.